The summed E-state index contributed by atoms with van der Waals surface area (Å²) in [5.41, 5.74) is 1.44. The SMILES string of the molecule is Cc1c(C(=O)N2CCOC3CCCCC32)nnn1C1CCNCC1. The summed E-state index contributed by atoms with van der Waals surface area (Å²) in [6.07, 6.45) is 6.77. The summed E-state index contributed by atoms with van der Waals surface area (Å²) in [6, 6.07) is 0.566. The Morgan fingerprint density at radius 3 is 2.83 bits per heavy atom. The second kappa shape index (κ2) is 6.80. The van der Waals surface area contributed by atoms with Gasteiger partial charge in [0.1, 0.15) is 0 Å². The summed E-state index contributed by atoms with van der Waals surface area (Å²) in [7, 11) is 0. The molecule has 3 heterocycles. The van der Waals surface area contributed by atoms with E-state index in [0.29, 0.717) is 24.9 Å². The Morgan fingerprint density at radius 2 is 2.00 bits per heavy atom. The van der Waals surface area contributed by atoms with Crippen molar-refractivity contribution in [2.45, 2.75) is 63.6 Å². The molecule has 0 radical (unpaired) electrons. The van der Waals surface area contributed by atoms with Gasteiger partial charge in [-0.25, -0.2) is 4.68 Å². The fourth-order valence-electron chi connectivity index (χ4n) is 4.42. The average Bonchev–Trinajstić information content (AvgIpc) is 3.03. The van der Waals surface area contributed by atoms with Crippen LogP contribution in [-0.4, -0.2) is 64.2 Å². The minimum absolute atomic E-state index is 0.0351. The molecule has 2 saturated heterocycles. The smallest absolute Gasteiger partial charge is 0.276 e. The van der Waals surface area contributed by atoms with Crippen LogP contribution in [0.4, 0.5) is 0 Å². The maximum absolute atomic E-state index is 13.1. The Labute approximate surface area is 142 Å². The number of carbonyl (C=O) groups is 1. The number of morpholine rings is 1. The molecule has 1 aromatic heterocycles. The Hall–Kier alpha value is -1.47. The zero-order chi connectivity index (χ0) is 16.5. The summed E-state index contributed by atoms with van der Waals surface area (Å²) >= 11 is 0. The predicted octanol–water partition coefficient (Wildman–Crippen LogP) is 1.29. The Morgan fingerprint density at radius 1 is 1.21 bits per heavy atom. The lowest BCUT2D eigenvalue weighted by molar-refractivity contribution is -0.0754. The van der Waals surface area contributed by atoms with Gasteiger partial charge in [0.05, 0.1) is 30.5 Å². The van der Waals surface area contributed by atoms with Gasteiger partial charge in [0.25, 0.3) is 5.91 Å². The van der Waals surface area contributed by atoms with Gasteiger partial charge in [-0.3, -0.25) is 4.79 Å². The lowest BCUT2D eigenvalue weighted by Gasteiger charge is -2.43. The van der Waals surface area contributed by atoms with Crippen LogP contribution < -0.4 is 5.32 Å². The van der Waals surface area contributed by atoms with Crippen LogP contribution in [0.1, 0.15) is 60.7 Å². The van der Waals surface area contributed by atoms with Crippen LogP contribution in [0.15, 0.2) is 0 Å². The van der Waals surface area contributed by atoms with Gasteiger partial charge in [-0.15, -0.1) is 5.10 Å². The number of nitrogens with one attached hydrogen (secondary N) is 1. The zero-order valence-corrected chi connectivity index (χ0v) is 14.4. The molecule has 1 saturated carbocycles. The molecular formula is C17H27N5O2. The van der Waals surface area contributed by atoms with Gasteiger partial charge in [0.15, 0.2) is 5.69 Å². The van der Waals surface area contributed by atoms with E-state index in [2.05, 4.69) is 15.6 Å². The molecule has 3 aliphatic rings. The fraction of sp³-hybridized carbons (Fsp3) is 0.824. The van der Waals surface area contributed by atoms with Crippen molar-refractivity contribution in [1.82, 2.24) is 25.2 Å². The van der Waals surface area contributed by atoms with E-state index < -0.39 is 0 Å². The molecule has 0 spiro atoms. The standard InChI is InChI=1S/C17H27N5O2/c1-12-16(19-20-22(12)13-6-8-18-9-7-13)17(23)21-10-11-24-15-5-3-2-4-14(15)21/h13-15,18H,2-11H2,1H3. The molecule has 7 heteroatoms. The molecular weight excluding hydrogens is 306 g/mol. The molecule has 0 bridgehead atoms. The summed E-state index contributed by atoms with van der Waals surface area (Å²) < 4.78 is 7.85. The van der Waals surface area contributed by atoms with Crippen molar-refractivity contribution in [2.75, 3.05) is 26.2 Å². The van der Waals surface area contributed by atoms with Crippen LogP contribution in [0.3, 0.4) is 0 Å². The maximum atomic E-state index is 13.1. The van der Waals surface area contributed by atoms with Crippen LogP contribution in [0.25, 0.3) is 0 Å². The van der Waals surface area contributed by atoms with E-state index in [0.717, 1.165) is 44.5 Å². The van der Waals surface area contributed by atoms with Crippen molar-refractivity contribution in [2.24, 2.45) is 0 Å². The fourth-order valence-corrected chi connectivity index (χ4v) is 4.42. The van der Waals surface area contributed by atoms with Crippen LogP contribution in [0, 0.1) is 6.92 Å². The van der Waals surface area contributed by atoms with Crippen LogP contribution in [0.5, 0.6) is 0 Å². The van der Waals surface area contributed by atoms with Crippen molar-refractivity contribution in [1.29, 1.82) is 0 Å². The minimum Gasteiger partial charge on any atom is -0.374 e. The number of amides is 1. The highest BCUT2D eigenvalue weighted by atomic mass is 16.5. The van der Waals surface area contributed by atoms with Gasteiger partial charge in [0, 0.05) is 6.54 Å². The lowest BCUT2D eigenvalue weighted by Crippen LogP contribution is -2.55. The molecule has 2 atom stereocenters. The van der Waals surface area contributed by atoms with E-state index in [1.165, 1.54) is 12.8 Å². The monoisotopic (exact) mass is 333 g/mol. The molecule has 3 fully saturated rings. The number of aromatic nitrogens is 3. The quantitative estimate of drug-likeness (QED) is 0.883. The normalized spacial score (nSPS) is 28.6. The molecule has 1 aromatic rings. The van der Waals surface area contributed by atoms with E-state index >= 15 is 0 Å². The number of hydrogen-bond acceptors (Lipinski definition) is 5. The number of ether oxygens (including phenoxy) is 1. The average molecular weight is 333 g/mol. The summed E-state index contributed by atoms with van der Waals surface area (Å²) in [6.45, 7) is 5.28. The highest BCUT2D eigenvalue weighted by Gasteiger charge is 2.38. The van der Waals surface area contributed by atoms with Gasteiger partial charge in [-0.2, -0.15) is 0 Å². The van der Waals surface area contributed by atoms with E-state index in [1.807, 2.05) is 16.5 Å². The number of nitrogens with zero attached hydrogens (tertiary/aromatic N) is 4. The van der Waals surface area contributed by atoms with Crippen molar-refractivity contribution in [3.63, 3.8) is 0 Å². The van der Waals surface area contributed by atoms with Gasteiger partial charge in [-0.1, -0.05) is 18.1 Å². The molecule has 2 aliphatic heterocycles. The molecule has 24 heavy (non-hydrogen) atoms. The van der Waals surface area contributed by atoms with Crippen LogP contribution in [-0.2, 0) is 4.74 Å². The number of hydrogen-bond donors (Lipinski definition) is 1. The molecule has 0 aromatic carbocycles. The first-order valence-corrected chi connectivity index (χ1v) is 9.31. The molecule has 1 aliphatic carbocycles. The topological polar surface area (TPSA) is 72.3 Å². The molecule has 2 unspecified atom stereocenters. The highest BCUT2D eigenvalue weighted by molar-refractivity contribution is 5.93. The number of carbonyl (C=O) groups excluding carboxylic acids is 1. The maximum Gasteiger partial charge on any atom is 0.276 e. The third-order valence-electron chi connectivity index (χ3n) is 5.78. The molecule has 1 N–H and O–H groups in total. The second-order valence-corrected chi connectivity index (χ2v) is 7.21. The predicted molar refractivity (Wildman–Crippen MR) is 88.9 cm³/mol. The van der Waals surface area contributed by atoms with Crippen LogP contribution >= 0.6 is 0 Å². The van der Waals surface area contributed by atoms with Crippen molar-refractivity contribution >= 4 is 5.91 Å². The van der Waals surface area contributed by atoms with Gasteiger partial charge >= 0.3 is 0 Å². The number of piperidine rings is 1. The Balaban J connectivity index is 1.54. The molecule has 7 nitrogen and oxygen atoms in total. The van der Waals surface area contributed by atoms with Crippen molar-refractivity contribution < 1.29 is 9.53 Å². The Bertz CT molecular complexity index is 594. The first-order chi connectivity index (χ1) is 11.8. The largest absolute Gasteiger partial charge is 0.374 e. The van der Waals surface area contributed by atoms with E-state index in [4.69, 9.17) is 4.74 Å². The second-order valence-electron chi connectivity index (χ2n) is 7.21. The van der Waals surface area contributed by atoms with E-state index in [9.17, 15) is 4.79 Å². The van der Waals surface area contributed by atoms with Crippen molar-refractivity contribution in [3.05, 3.63) is 11.4 Å². The van der Waals surface area contributed by atoms with Crippen molar-refractivity contribution in [3.8, 4) is 0 Å². The number of rotatable bonds is 2. The lowest BCUT2D eigenvalue weighted by atomic mass is 9.90. The third kappa shape index (κ3) is 2.84. The summed E-state index contributed by atoms with van der Waals surface area (Å²) in [5.74, 6) is 0.0351. The first kappa shape index (κ1) is 16.0. The van der Waals surface area contributed by atoms with Gasteiger partial charge in [0.2, 0.25) is 0 Å². The summed E-state index contributed by atoms with van der Waals surface area (Å²) in [4.78, 5) is 15.1. The summed E-state index contributed by atoms with van der Waals surface area (Å²) in [5, 5.41) is 11.9. The Kier molecular flexibility index (Phi) is 4.54. The van der Waals surface area contributed by atoms with Crippen LogP contribution in [0.2, 0.25) is 0 Å². The van der Waals surface area contributed by atoms with E-state index in [1.54, 1.807) is 0 Å². The molecule has 4 rings (SSSR count). The zero-order valence-electron chi connectivity index (χ0n) is 14.4. The molecule has 132 valence electrons. The highest BCUT2D eigenvalue weighted by Crippen LogP contribution is 2.30. The van der Waals surface area contributed by atoms with Gasteiger partial charge in [-0.05, 0) is 45.7 Å². The molecule has 1 amide bonds. The number of fused-ring (bicyclic) bond motifs is 1. The van der Waals surface area contributed by atoms with Gasteiger partial charge < -0.3 is 15.0 Å². The van der Waals surface area contributed by atoms with E-state index in [-0.39, 0.29) is 18.1 Å². The minimum atomic E-state index is 0.0351. The first-order valence-electron chi connectivity index (χ1n) is 9.31. The third-order valence-corrected chi connectivity index (χ3v) is 5.78.